The largest absolute Gasteiger partial charge is 0.457 e. The van der Waals surface area contributed by atoms with Crippen molar-refractivity contribution in [2.75, 3.05) is 30.0 Å². The van der Waals surface area contributed by atoms with Gasteiger partial charge in [0.15, 0.2) is 6.73 Å². The van der Waals surface area contributed by atoms with Crippen LogP contribution in [0.4, 0.5) is 11.8 Å². The number of nitrogens with one attached hydrogen (secondary N) is 2. The van der Waals surface area contributed by atoms with Gasteiger partial charge in [-0.25, -0.2) is 4.98 Å². The summed E-state index contributed by atoms with van der Waals surface area (Å²) in [4.78, 5) is 11.8. The molecule has 0 radical (unpaired) electrons. The van der Waals surface area contributed by atoms with Crippen LogP contribution < -0.4 is 15.5 Å². The van der Waals surface area contributed by atoms with Crippen LogP contribution in [0.2, 0.25) is 0 Å². The summed E-state index contributed by atoms with van der Waals surface area (Å²) < 4.78 is 5.50. The van der Waals surface area contributed by atoms with E-state index in [0.29, 0.717) is 12.6 Å². The van der Waals surface area contributed by atoms with Crippen LogP contribution in [0.3, 0.4) is 0 Å². The van der Waals surface area contributed by atoms with Crippen molar-refractivity contribution >= 4 is 22.7 Å². The number of likely N-dealkylation sites (N-methyl/N-ethyl adjacent to an activating group) is 1. The molecule has 27 heavy (non-hydrogen) atoms. The average Bonchev–Trinajstić information content (AvgIpc) is 3.22. The SMILES string of the molecule is CCN(CCc1ccccc1)c1nc(NC2=CNCO2)c2ccccc2n1. The van der Waals surface area contributed by atoms with E-state index in [1.807, 2.05) is 36.5 Å². The fourth-order valence-corrected chi connectivity index (χ4v) is 3.09. The topological polar surface area (TPSA) is 62.3 Å². The normalized spacial score (nSPS) is 13.0. The Morgan fingerprint density at radius 3 is 2.67 bits per heavy atom. The van der Waals surface area contributed by atoms with E-state index in [-0.39, 0.29) is 0 Å². The van der Waals surface area contributed by atoms with Crippen molar-refractivity contribution in [1.82, 2.24) is 15.3 Å². The van der Waals surface area contributed by atoms with Gasteiger partial charge in [0.05, 0.1) is 11.7 Å². The van der Waals surface area contributed by atoms with Crippen molar-refractivity contribution in [3.05, 3.63) is 72.2 Å². The molecule has 0 amide bonds. The highest BCUT2D eigenvalue weighted by atomic mass is 16.5. The van der Waals surface area contributed by atoms with Crippen LogP contribution >= 0.6 is 0 Å². The van der Waals surface area contributed by atoms with Gasteiger partial charge < -0.3 is 20.3 Å². The van der Waals surface area contributed by atoms with Gasteiger partial charge in [-0.2, -0.15) is 4.98 Å². The van der Waals surface area contributed by atoms with Crippen molar-refractivity contribution in [3.8, 4) is 0 Å². The van der Waals surface area contributed by atoms with E-state index in [0.717, 1.165) is 42.2 Å². The fourth-order valence-electron chi connectivity index (χ4n) is 3.09. The Balaban J connectivity index is 1.63. The fraction of sp³-hybridized carbons (Fsp3) is 0.238. The van der Waals surface area contributed by atoms with E-state index in [2.05, 4.69) is 46.7 Å². The molecule has 1 aromatic heterocycles. The van der Waals surface area contributed by atoms with Crippen LogP contribution in [-0.2, 0) is 11.2 Å². The van der Waals surface area contributed by atoms with Gasteiger partial charge in [-0.15, -0.1) is 0 Å². The second-order valence-corrected chi connectivity index (χ2v) is 6.33. The Kier molecular flexibility index (Phi) is 5.05. The smallest absolute Gasteiger partial charge is 0.227 e. The van der Waals surface area contributed by atoms with Gasteiger partial charge in [-0.3, -0.25) is 0 Å². The number of hydrogen-bond donors (Lipinski definition) is 2. The number of nitrogens with zero attached hydrogens (tertiary/aromatic N) is 3. The molecule has 1 aliphatic heterocycles. The molecule has 2 aromatic carbocycles. The Hall–Kier alpha value is -3.28. The first kappa shape index (κ1) is 17.1. The number of fused-ring (bicyclic) bond motifs is 1. The summed E-state index contributed by atoms with van der Waals surface area (Å²) in [5.41, 5.74) is 2.22. The maximum absolute atomic E-state index is 5.50. The lowest BCUT2D eigenvalue weighted by molar-refractivity contribution is 0.237. The Morgan fingerprint density at radius 2 is 1.89 bits per heavy atom. The first-order valence-corrected chi connectivity index (χ1v) is 9.22. The number of para-hydroxylation sites is 1. The summed E-state index contributed by atoms with van der Waals surface area (Å²) in [6.45, 7) is 4.30. The predicted octanol–water partition coefficient (Wildman–Crippen LogP) is 3.49. The van der Waals surface area contributed by atoms with E-state index >= 15 is 0 Å². The molecule has 3 aromatic rings. The maximum Gasteiger partial charge on any atom is 0.227 e. The molecule has 1 aliphatic rings. The highest BCUT2D eigenvalue weighted by Gasteiger charge is 2.15. The zero-order valence-electron chi connectivity index (χ0n) is 15.4. The average molecular weight is 361 g/mol. The lowest BCUT2D eigenvalue weighted by Gasteiger charge is -2.22. The summed E-state index contributed by atoms with van der Waals surface area (Å²) in [7, 11) is 0. The predicted molar refractivity (Wildman–Crippen MR) is 108 cm³/mol. The molecule has 6 nitrogen and oxygen atoms in total. The Bertz CT molecular complexity index is 942. The third kappa shape index (κ3) is 3.95. The quantitative estimate of drug-likeness (QED) is 0.672. The maximum atomic E-state index is 5.50. The molecule has 0 spiro atoms. The van der Waals surface area contributed by atoms with E-state index in [1.165, 1.54) is 5.56 Å². The number of aromatic nitrogens is 2. The van der Waals surface area contributed by atoms with Gasteiger partial charge in [0.2, 0.25) is 11.8 Å². The third-order valence-electron chi connectivity index (χ3n) is 4.55. The minimum Gasteiger partial charge on any atom is -0.457 e. The highest BCUT2D eigenvalue weighted by molar-refractivity contribution is 5.90. The highest BCUT2D eigenvalue weighted by Crippen LogP contribution is 2.25. The van der Waals surface area contributed by atoms with Gasteiger partial charge in [-0.05, 0) is 31.0 Å². The van der Waals surface area contributed by atoms with Gasteiger partial charge in [0.1, 0.15) is 5.82 Å². The minimum absolute atomic E-state index is 0.469. The molecule has 0 unspecified atom stereocenters. The van der Waals surface area contributed by atoms with E-state index < -0.39 is 0 Å². The number of ether oxygens (including phenoxy) is 1. The Morgan fingerprint density at radius 1 is 1.07 bits per heavy atom. The summed E-state index contributed by atoms with van der Waals surface area (Å²) in [5.74, 6) is 2.14. The number of benzene rings is 2. The van der Waals surface area contributed by atoms with Gasteiger partial charge in [0.25, 0.3) is 0 Å². The lowest BCUT2D eigenvalue weighted by Crippen LogP contribution is -2.27. The molecule has 4 rings (SSSR count). The van der Waals surface area contributed by atoms with Crippen molar-refractivity contribution in [3.63, 3.8) is 0 Å². The van der Waals surface area contributed by atoms with Crippen LogP contribution in [0, 0.1) is 0 Å². The molecule has 0 bridgehead atoms. The standard InChI is InChI=1S/C21H23N5O/c1-2-26(13-12-16-8-4-3-5-9-16)21-23-18-11-7-6-10-17(18)20(25-21)24-19-14-22-15-27-19/h3-11,14,22H,2,12-13,15H2,1H3,(H,23,24,25). The molecule has 2 heterocycles. The molecule has 6 heteroatoms. The number of hydrogen-bond acceptors (Lipinski definition) is 6. The molecule has 0 atom stereocenters. The molecule has 0 saturated carbocycles. The first-order chi connectivity index (χ1) is 13.3. The minimum atomic E-state index is 0.469. The van der Waals surface area contributed by atoms with E-state index in [9.17, 15) is 0 Å². The second kappa shape index (κ2) is 7.95. The molecule has 0 fully saturated rings. The van der Waals surface area contributed by atoms with Crippen LogP contribution in [0.15, 0.2) is 66.7 Å². The van der Waals surface area contributed by atoms with Gasteiger partial charge in [-0.1, -0.05) is 42.5 Å². The zero-order valence-corrected chi connectivity index (χ0v) is 15.4. The molecule has 0 aliphatic carbocycles. The van der Waals surface area contributed by atoms with Crippen LogP contribution in [-0.4, -0.2) is 29.8 Å². The monoisotopic (exact) mass is 361 g/mol. The van der Waals surface area contributed by atoms with E-state index in [1.54, 1.807) is 0 Å². The lowest BCUT2D eigenvalue weighted by atomic mass is 10.1. The summed E-state index contributed by atoms with van der Waals surface area (Å²) in [5, 5.41) is 7.27. The summed E-state index contributed by atoms with van der Waals surface area (Å²) in [6.07, 6.45) is 2.76. The Labute approximate surface area is 158 Å². The summed E-state index contributed by atoms with van der Waals surface area (Å²) in [6, 6.07) is 18.5. The number of anilines is 2. The van der Waals surface area contributed by atoms with Gasteiger partial charge in [0, 0.05) is 18.5 Å². The van der Waals surface area contributed by atoms with Crippen molar-refractivity contribution in [2.45, 2.75) is 13.3 Å². The van der Waals surface area contributed by atoms with Gasteiger partial charge >= 0.3 is 0 Å². The van der Waals surface area contributed by atoms with Crippen LogP contribution in [0.25, 0.3) is 10.9 Å². The molecular weight excluding hydrogens is 338 g/mol. The second-order valence-electron chi connectivity index (χ2n) is 6.33. The van der Waals surface area contributed by atoms with E-state index in [4.69, 9.17) is 14.7 Å². The molecule has 138 valence electrons. The van der Waals surface area contributed by atoms with Crippen molar-refractivity contribution < 1.29 is 4.74 Å². The summed E-state index contributed by atoms with van der Waals surface area (Å²) >= 11 is 0. The number of rotatable bonds is 7. The zero-order chi connectivity index (χ0) is 18.5. The molecule has 0 saturated heterocycles. The van der Waals surface area contributed by atoms with Crippen LogP contribution in [0.5, 0.6) is 0 Å². The van der Waals surface area contributed by atoms with Crippen molar-refractivity contribution in [1.29, 1.82) is 0 Å². The third-order valence-corrected chi connectivity index (χ3v) is 4.55. The first-order valence-electron chi connectivity index (χ1n) is 9.22. The van der Waals surface area contributed by atoms with Crippen molar-refractivity contribution in [2.24, 2.45) is 0 Å². The molecule has 2 N–H and O–H groups in total. The van der Waals surface area contributed by atoms with Crippen LogP contribution in [0.1, 0.15) is 12.5 Å². The molecular formula is C21H23N5O.